The number of benzene rings is 2. The van der Waals surface area contributed by atoms with Crippen LogP contribution in [-0.4, -0.2) is 49.3 Å². The summed E-state index contributed by atoms with van der Waals surface area (Å²) in [5.74, 6) is 0. The van der Waals surface area contributed by atoms with E-state index in [9.17, 15) is 25.9 Å². The van der Waals surface area contributed by atoms with Gasteiger partial charge >= 0.3 is 0 Å². The predicted octanol–water partition coefficient (Wildman–Crippen LogP) is 3.18. The van der Waals surface area contributed by atoms with Crippen LogP contribution in [0, 0.1) is 0 Å². The van der Waals surface area contributed by atoms with E-state index < -0.39 is 30.0 Å². The molecule has 0 aromatic heterocycles. The summed E-state index contributed by atoms with van der Waals surface area (Å²) < 4.78 is 69.4. The number of nitrogens with zero attached hydrogens (tertiary/aromatic N) is 1. The van der Waals surface area contributed by atoms with Crippen molar-refractivity contribution >= 4 is 37.2 Å². The van der Waals surface area contributed by atoms with Gasteiger partial charge in [0.1, 0.15) is 18.0 Å². The molecule has 0 spiro atoms. The number of nitrogens with two attached hydrogens (primary N) is 1. The molecule has 3 rings (SSSR count). The van der Waals surface area contributed by atoms with Crippen molar-refractivity contribution < 1.29 is 30.5 Å². The molecule has 0 atom stereocenters. The van der Waals surface area contributed by atoms with Crippen molar-refractivity contribution in [3.8, 4) is 0 Å². The number of anilines is 1. The molecule has 33 heavy (non-hydrogen) atoms. The zero-order valence-corrected chi connectivity index (χ0v) is 19.8. The molecule has 0 heterocycles. The van der Waals surface area contributed by atoms with Gasteiger partial charge in [0.25, 0.3) is 20.2 Å². The number of nitrogen functional groups attached to an aromatic ring is 1. The maximum absolute atomic E-state index is 12.2. The van der Waals surface area contributed by atoms with E-state index in [2.05, 4.69) is 4.58 Å². The maximum Gasteiger partial charge on any atom is 0.295 e. The second-order valence-corrected chi connectivity index (χ2v) is 10.1. The highest BCUT2D eigenvalue weighted by Gasteiger charge is 2.24. The number of hydrogen-bond donors (Lipinski definition) is 3. The molecule has 0 fully saturated rings. The minimum Gasteiger partial charge on any atom is -0.399 e. The Morgan fingerprint density at radius 2 is 1.42 bits per heavy atom. The third-order valence-corrected chi connectivity index (χ3v) is 7.04. The molecule has 0 saturated heterocycles. The van der Waals surface area contributed by atoms with Crippen LogP contribution in [0.1, 0.15) is 25.0 Å². The monoisotopic (exact) mass is 489 g/mol. The molecular weight excluding hydrogens is 464 g/mol. The van der Waals surface area contributed by atoms with Gasteiger partial charge < -0.3 is 5.73 Å². The summed E-state index contributed by atoms with van der Waals surface area (Å²) in [5, 5.41) is 0. The first-order chi connectivity index (χ1) is 15.5. The maximum atomic E-state index is 12.2. The molecule has 0 radical (unpaired) electrons. The average molecular weight is 490 g/mol. The first-order valence-electron chi connectivity index (χ1n) is 10.1. The highest BCUT2D eigenvalue weighted by molar-refractivity contribution is 7.86. The topological polar surface area (TPSA) is 138 Å². The Labute approximate surface area is 193 Å². The van der Waals surface area contributed by atoms with Gasteiger partial charge in [-0.1, -0.05) is 12.1 Å². The van der Waals surface area contributed by atoms with Gasteiger partial charge in [-0.05, 0) is 73.0 Å². The Bertz CT molecular complexity index is 1390. The van der Waals surface area contributed by atoms with Gasteiger partial charge in [-0.3, -0.25) is 9.11 Å². The van der Waals surface area contributed by atoms with Crippen LogP contribution in [0.5, 0.6) is 0 Å². The summed E-state index contributed by atoms with van der Waals surface area (Å²) in [6.07, 6.45) is 7.32. The second-order valence-electron chi connectivity index (χ2n) is 7.32. The van der Waals surface area contributed by atoms with E-state index in [1.807, 2.05) is 26.0 Å². The van der Waals surface area contributed by atoms with Gasteiger partial charge in [0.05, 0.1) is 4.90 Å². The van der Waals surface area contributed by atoms with E-state index >= 15 is 0 Å². The fourth-order valence-corrected chi connectivity index (χ4v) is 4.83. The minimum absolute atomic E-state index is 0.0759. The smallest absolute Gasteiger partial charge is 0.295 e. The summed E-state index contributed by atoms with van der Waals surface area (Å²) in [6.45, 7) is 5.66. The zero-order chi connectivity index (χ0) is 24.4. The fourth-order valence-electron chi connectivity index (χ4n) is 3.64. The van der Waals surface area contributed by atoms with Crippen LogP contribution in [0.25, 0.3) is 5.57 Å². The number of hydrogen-bond acceptors (Lipinski definition) is 5. The highest BCUT2D eigenvalue weighted by atomic mass is 32.2. The third-order valence-electron chi connectivity index (χ3n) is 5.28. The van der Waals surface area contributed by atoms with Gasteiger partial charge in [-0.15, -0.1) is 0 Å². The van der Waals surface area contributed by atoms with Crippen LogP contribution in [0.3, 0.4) is 0 Å². The lowest BCUT2D eigenvalue weighted by Gasteiger charge is -2.17. The van der Waals surface area contributed by atoms with Crippen molar-refractivity contribution in [2.75, 3.05) is 18.8 Å². The van der Waals surface area contributed by atoms with Gasteiger partial charge in [-0.25, -0.2) is 4.58 Å². The molecule has 0 aliphatic heterocycles. The summed E-state index contributed by atoms with van der Waals surface area (Å²) in [6, 6.07) is 9.48. The van der Waals surface area contributed by atoms with E-state index in [1.54, 1.807) is 36.4 Å². The molecule has 0 amide bonds. The molecule has 0 unspecified atom stereocenters. The van der Waals surface area contributed by atoms with E-state index in [0.717, 1.165) is 37.0 Å². The van der Waals surface area contributed by atoms with Crippen molar-refractivity contribution in [3.05, 3.63) is 83.5 Å². The van der Waals surface area contributed by atoms with Crippen molar-refractivity contribution in [3.63, 3.8) is 0 Å². The highest BCUT2D eigenvalue weighted by Crippen LogP contribution is 2.35. The van der Waals surface area contributed by atoms with E-state index in [4.69, 9.17) is 5.73 Å². The van der Waals surface area contributed by atoms with Crippen LogP contribution in [-0.2, 0) is 20.2 Å². The predicted molar refractivity (Wildman–Crippen MR) is 128 cm³/mol. The van der Waals surface area contributed by atoms with Gasteiger partial charge in [0.15, 0.2) is 5.71 Å². The molecule has 0 saturated carbocycles. The largest absolute Gasteiger partial charge is 0.399 e. The summed E-state index contributed by atoms with van der Waals surface area (Å²) in [5.41, 5.74) is 8.64. The summed E-state index contributed by atoms with van der Waals surface area (Å²) in [7, 11) is -9.36. The van der Waals surface area contributed by atoms with Gasteiger partial charge in [0, 0.05) is 23.4 Å². The Kier molecular flexibility index (Phi) is 7.03. The lowest BCUT2D eigenvalue weighted by atomic mass is 9.90. The van der Waals surface area contributed by atoms with Crippen molar-refractivity contribution in [1.29, 1.82) is 0 Å². The normalized spacial score (nSPS) is 13.9. The molecule has 4 N–H and O–H groups in total. The lowest BCUT2D eigenvalue weighted by molar-refractivity contribution is -0.519. The van der Waals surface area contributed by atoms with E-state index in [0.29, 0.717) is 22.4 Å². The average Bonchev–Trinajstić information content (AvgIpc) is 2.76. The Morgan fingerprint density at radius 1 is 0.848 bits per heavy atom. The molecule has 2 aromatic carbocycles. The first-order valence-corrected chi connectivity index (χ1v) is 13.0. The molecule has 1 aliphatic carbocycles. The molecule has 10 heteroatoms. The number of rotatable bonds is 6. The summed E-state index contributed by atoms with van der Waals surface area (Å²) >= 11 is 0. The second kappa shape index (κ2) is 9.44. The lowest BCUT2D eigenvalue weighted by Crippen LogP contribution is -2.19. The molecule has 1 aliphatic rings. The number of allylic oxidation sites excluding steroid dienone is 5. The molecule has 0 bridgehead atoms. The van der Waals surface area contributed by atoms with Crippen LogP contribution in [0.2, 0.25) is 0 Å². The zero-order valence-electron chi connectivity index (χ0n) is 18.1. The quantitative estimate of drug-likeness (QED) is 0.322. The SMILES string of the molecule is CC[N+](CC)=C1C=CC(=C(c2ccc(N)cc2)c2cc(S(=O)(=O)O)ccc2S(=O)(=O)O)C=C1. The van der Waals surface area contributed by atoms with Crippen LogP contribution >= 0.6 is 0 Å². The first kappa shape index (κ1) is 24.6. The molecular formula is C23H25N2O6S2+. The Balaban J connectivity index is 2.40. The van der Waals surface area contributed by atoms with Crippen molar-refractivity contribution in [1.82, 2.24) is 0 Å². The Morgan fingerprint density at radius 3 is 1.91 bits per heavy atom. The third kappa shape index (κ3) is 5.48. The van der Waals surface area contributed by atoms with Crippen LogP contribution in [0.4, 0.5) is 5.69 Å². The van der Waals surface area contributed by atoms with E-state index in [1.165, 1.54) is 0 Å². The van der Waals surface area contributed by atoms with E-state index in [-0.39, 0.29) is 5.56 Å². The van der Waals surface area contributed by atoms with Crippen molar-refractivity contribution in [2.24, 2.45) is 0 Å². The van der Waals surface area contributed by atoms with Crippen molar-refractivity contribution in [2.45, 2.75) is 23.6 Å². The standard InChI is InChI=1S/C23H24N2O6S2/c1-3-25(4-2)19-11-7-17(8-12-19)23(16-5-9-18(24)10-6-16)21-15-20(32(26,27)28)13-14-22(21)33(29,30)31/h5-15,24H,3-4H2,1-2H3,(H2,26,27,28,29,30,31)/p+1. The minimum atomic E-state index is -4.72. The molecule has 2 aromatic rings. The van der Waals surface area contributed by atoms with Gasteiger partial charge in [-0.2, -0.15) is 16.8 Å². The fraction of sp³-hybridized carbons (Fsp3) is 0.174. The molecule has 174 valence electrons. The van der Waals surface area contributed by atoms with Crippen LogP contribution < -0.4 is 5.73 Å². The summed E-state index contributed by atoms with van der Waals surface area (Å²) in [4.78, 5) is -0.993. The Hall–Kier alpha value is -3.05. The van der Waals surface area contributed by atoms with Crippen LogP contribution in [0.15, 0.2) is 82.1 Å². The molecule has 8 nitrogen and oxygen atoms in total. The van der Waals surface area contributed by atoms with Gasteiger partial charge in [0.2, 0.25) is 0 Å².